The summed E-state index contributed by atoms with van der Waals surface area (Å²) in [6.45, 7) is 7.76. The number of amides is 1. The van der Waals surface area contributed by atoms with Gasteiger partial charge in [-0.05, 0) is 51.2 Å². The van der Waals surface area contributed by atoms with Crippen molar-refractivity contribution >= 4 is 5.91 Å². The molecule has 0 bridgehead atoms. The molecule has 0 aromatic carbocycles. The van der Waals surface area contributed by atoms with Crippen molar-refractivity contribution in [1.82, 2.24) is 15.5 Å². The van der Waals surface area contributed by atoms with Crippen molar-refractivity contribution < 1.29 is 4.79 Å². The van der Waals surface area contributed by atoms with Gasteiger partial charge in [0.2, 0.25) is 5.91 Å². The van der Waals surface area contributed by atoms with Crippen LogP contribution in [0.15, 0.2) is 0 Å². The first-order valence-electron chi connectivity index (χ1n) is 7.50. The molecule has 104 valence electrons. The average molecular weight is 253 g/mol. The summed E-state index contributed by atoms with van der Waals surface area (Å²) in [6, 6.07) is 0.382. The third kappa shape index (κ3) is 4.25. The molecule has 0 spiro atoms. The van der Waals surface area contributed by atoms with Crippen LogP contribution in [-0.2, 0) is 4.79 Å². The van der Waals surface area contributed by atoms with Gasteiger partial charge in [0.25, 0.3) is 0 Å². The van der Waals surface area contributed by atoms with E-state index >= 15 is 0 Å². The molecule has 4 heteroatoms. The molecule has 2 N–H and O–H groups in total. The Labute approximate surface area is 110 Å². The van der Waals surface area contributed by atoms with Crippen molar-refractivity contribution in [2.75, 3.05) is 32.7 Å². The molecule has 0 aromatic heterocycles. The molecule has 0 aliphatic carbocycles. The van der Waals surface area contributed by atoms with Crippen LogP contribution in [-0.4, -0.2) is 49.6 Å². The van der Waals surface area contributed by atoms with Crippen LogP contribution >= 0.6 is 0 Å². The Morgan fingerprint density at radius 1 is 1.33 bits per heavy atom. The van der Waals surface area contributed by atoms with Crippen molar-refractivity contribution in [3.63, 3.8) is 0 Å². The van der Waals surface area contributed by atoms with Crippen LogP contribution in [0.5, 0.6) is 0 Å². The zero-order valence-electron chi connectivity index (χ0n) is 11.6. The second kappa shape index (κ2) is 7.10. The molecule has 2 rings (SSSR count). The van der Waals surface area contributed by atoms with E-state index in [-0.39, 0.29) is 5.91 Å². The minimum Gasteiger partial charge on any atom is -0.352 e. The van der Waals surface area contributed by atoms with E-state index in [9.17, 15) is 4.79 Å². The summed E-state index contributed by atoms with van der Waals surface area (Å²) in [6.07, 6.45) is 5.59. The lowest BCUT2D eigenvalue weighted by Gasteiger charge is -2.36. The first-order valence-corrected chi connectivity index (χ1v) is 7.50. The van der Waals surface area contributed by atoms with Gasteiger partial charge in [-0.15, -0.1) is 0 Å². The Morgan fingerprint density at radius 2 is 2.11 bits per heavy atom. The fourth-order valence-corrected chi connectivity index (χ4v) is 3.10. The second-order valence-corrected chi connectivity index (χ2v) is 5.71. The number of nitrogens with one attached hydrogen (secondary N) is 2. The van der Waals surface area contributed by atoms with E-state index in [1.54, 1.807) is 0 Å². The molecular weight excluding hydrogens is 226 g/mol. The second-order valence-electron chi connectivity index (χ2n) is 5.71. The lowest BCUT2D eigenvalue weighted by Crippen LogP contribution is -2.49. The highest BCUT2D eigenvalue weighted by Crippen LogP contribution is 2.17. The lowest BCUT2D eigenvalue weighted by molar-refractivity contribution is -0.121. The molecule has 1 atom stereocenters. The van der Waals surface area contributed by atoms with Crippen molar-refractivity contribution in [1.29, 1.82) is 0 Å². The monoisotopic (exact) mass is 253 g/mol. The van der Waals surface area contributed by atoms with Crippen molar-refractivity contribution in [3.05, 3.63) is 0 Å². The van der Waals surface area contributed by atoms with Gasteiger partial charge in [0.1, 0.15) is 0 Å². The van der Waals surface area contributed by atoms with Gasteiger partial charge in [-0.2, -0.15) is 0 Å². The number of likely N-dealkylation sites (tertiary alicyclic amines) is 1. The van der Waals surface area contributed by atoms with E-state index in [1.807, 2.05) is 6.92 Å². The number of hydrogen-bond donors (Lipinski definition) is 2. The molecule has 0 saturated carbocycles. The van der Waals surface area contributed by atoms with E-state index in [0.717, 1.165) is 18.9 Å². The number of rotatable bonds is 4. The van der Waals surface area contributed by atoms with E-state index < -0.39 is 0 Å². The topological polar surface area (TPSA) is 44.4 Å². The fraction of sp³-hybridized carbons (Fsp3) is 0.929. The minimum absolute atomic E-state index is 0.198. The predicted octanol–water partition coefficient (Wildman–Crippen LogP) is 0.977. The van der Waals surface area contributed by atoms with Crippen LogP contribution < -0.4 is 10.6 Å². The molecule has 1 unspecified atom stereocenters. The highest BCUT2D eigenvalue weighted by molar-refractivity contribution is 5.75. The van der Waals surface area contributed by atoms with Gasteiger partial charge >= 0.3 is 0 Å². The molecule has 4 nitrogen and oxygen atoms in total. The summed E-state index contributed by atoms with van der Waals surface area (Å²) < 4.78 is 0. The molecule has 2 saturated heterocycles. The van der Waals surface area contributed by atoms with E-state index in [4.69, 9.17) is 0 Å². The van der Waals surface area contributed by atoms with Crippen LogP contribution in [0.3, 0.4) is 0 Å². The van der Waals surface area contributed by atoms with Crippen LogP contribution in [0.2, 0.25) is 0 Å². The Balaban J connectivity index is 1.73. The maximum absolute atomic E-state index is 11.4. The fourth-order valence-electron chi connectivity index (χ4n) is 3.10. The molecule has 18 heavy (non-hydrogen) atoms. The Hall–Kier alpha value is -0.610. The summed E-state index contributed by atoms with van der Waals surface area (Å²) in [5.41, 5.74) is 0. The van der Waals surface area contributed by atoms with E-state index in [2.05, 4.69) is 15.5 Å². The van der Waals surface area contributed by atoms with Gasteiger partial charge < -0.3 is 15.5 Å². The van der Waals surface area contributed by atoms with Crippen LogP contribution in [0, 0.1) is 5.92 Å². The molecule has 1 amide bonds. The normalized spacial score (nSPS) is 27.1. The van der Waals surface area contributed by atoms with Gasteiger partial charge in [0.05, 0.1) is 0 Å². The number of nitrogens with zero attached hydrogens (tertiary/aromatic N) is 1. The van der Waals surface area contributed by atoms with Gasteiger partial charge in [-0.25, -0.2) is 0 Å². The zero-order valence-corrected chi connectivity index (χ0v) is 11.6. The highest BCUT2D eigenvalue weighted by Gasteiger charge is 2.23. The summed E-state index contributed by atoms with van der Waals surface area (Å²) >= 11 is 0. The average Bonchev–Trinajstić information content (AvgIpc) is 2.40. The number of piperidine rings is 2. The van der Waals surface area contributed by atoms with Gasteiger partial charge in [0, 0.05) is 25.6 Å². The van der Waals surface area contributed by atoms with Gasteiger partial charge in [-0.1, -0.05) is 6.92 Å². The molecule has 2 aliphatic rings. The number of carbonyl (C=O) groups excluding carboxylic acids is 1. The third-order valence-electron chi connectivity index (χ3n) is 4.17. The maximum Gasteiger partial charge on any atom is 0.219 e. The Morgan fingerprint density at radius 3 is 2.83 bits per heavy atom. The third-order valence-corrected chi connectivity index (χ3v) is 4.17. The van der Waals surface area contributed by atoms with Crippen molar-refractivity contribution in [2.45, 2.75) is 45.1 Å². The highest BCUT2D eigenvalue weighted by atomic mass is 16.1. The van der Waals surface area contributed by atoms with E-state index in [0.29, 0.717) is 12.5 Å². The number of hydrogen-bond acceptors (Lipinski definition) is 3. The molecule has 0 radical (unpaired) electrons. The Kier molecular flexibility index (Phi) is 5.45. The van der Waals surface area contributed by atoms with Crippen molar-refractivity contribution in [2.24, 2.45) is 5.92 Å². The summed E-state index contributed by atoms with van der Waals surface area (Å²) in [5.74, 6) is 1.05. The lowest BCUT2D eigenvalue weighted by atomic mass is 9.96. The summed E-state index contributed by atoms with van der Waals surface area (Å²) in [5, 5.41) is 6.56. The smallest absolute Gasteiger partial charge is 0.219 e. The number of carbonyl (C=O) groups is 1. The molecule has 2 aliphatic heterocycles. The molecular formula is C14H27N3O. The van der Waals surface area contributed by atoms with Crippen LogP contribution in [0.25, 0.3) is 0 Å². The first kappa shape index (κ1) is 13.8. The van der Waals surface area contributed by atoms with Crippen molar-refractivity contribution in [3.8, 4) is 0 Å². The quantitative estimate of drug-likeness (QED) is 0.785. The molecule has 0 aromatic rings. The predicted molar refractivity (Wildman–Crippen MR) is 73.5 cm³/mol. The van der Waals surface area contributed by atoms with Gasteiger partial charge in [-0.3, -0.25) is 4.79 Å². The largest absolute Gasteiger partial charge is 0.352 e. The standard InChI is InChI=1S/C14H27N3O/c1-2-14(18)16-13-4-3-9-17(11-13)10-12-5-7-15-8-6-12/h12-13,15H,2-11H2,1H3,(H,16,18). The minimum atomic E-state index is 0.198. The Bertz CT molecular complexity index is 264. The SMILES string of the molecule is CCC(=O)NC1CCCN(CC2CCNCC2)C1. The van der Waals surface area contributed by atoms with Crippen LogP contribution in [0.1, 0.15) is 39.0 Å². The van der Waals surface area contributed by atoms with Gasteiger partial charge in [0.15, 0.2) is 0 Å². The maximum atomic E-state index is 11.4. The first-order chi connectivity index (χ1) is 8.78. The molecule has 2 fully saturated rings. The summed E-state index contributed by atoms with van der Waals surface area (Å²) in [4.78, 5) is 14.0. The zero-order chi connectivity index (χ0) is 12.8. The van der Waals surface area contributed by atoms with Crippen LogP contribution in [0.4, 0.5) is 0 Å². The van der Waals surface area contributed by atoms with E-state index in [1.165, 1.54) is 45.4 Å². The molecule has 2 heterocycles. The summed E-state index contributed by atoms with van der Waals surface area (Å²) in [7, 11) is 0.